The highest BCUT2D eigenvalue weighted by Crippen LogP contribution is 2.22. The highest BCUT2D eigenvalue weighted by atomic mass is 19.1. The summed E-state index contributed by atoms with van der Waals surface area (Å²) >= 11 is 0. The molecule has 0 amide bonds. The van der Waals surface area contributed by atoms with Gasteiger partial charge in [-0.3, -0.25) is 0 Å². The minimum absolute atomic E-state index is 0.270. The molecule has 4 N–H and O–H groups in total. The van der Waals surface area contributed by atoms with Crippen molar-refractivity contribution in [3.05, 3.63) is 42.2 Å². The topological polar surface area (TPSA) is 64.9 Å². The zero-order chi connectivity index (χ0) is 10.8. The molecule has 0 fully saturated rings. The lowest BCUT2D eigenvalue weighted by Crippen LogP contribution is -1.96. The Bertz CT molecular complexity index is 459. The summed E-state index contributed by atoms with van der Waals surface area (Å²) in [5, 5.41) is 0. The molecule has 0 bridgehead atoms. The SMILES string of the molecule is Nc1cc(-c2ccc(F)cc2)cc(N)n1. The smallest absolute Gasteiger partial charge is 0.126 e. The van der Waals surface area contributed by atoms with Crippen LogP contribution in [0, 0.1) is 5.82 Å². The van der Waals surface area contributed by atoms with Crippen LogP contribution in [-0.4, -0.2) is 4.98 Å². The molecule has 3 nitrogen and oxygen atoms in total. The van der Waals surface area contributed by atoms with E-state index < -0.39 is 0 Å². The van der Waals surface area contributed by atoms with Crippen LogP contribution >= 0.6 is 0 Å². The molecule has 0 saturated carbocycles. The van der Waals surface area contributed by atoms with Crippen LogP contribution in [0.2, 0.25) is 0 Å². The third-order valence-corrected chi connectivity index (χ3v) is 2.04. The standard InChI is InChI=1S/C11H10FN3/c12-9-3-1-7(2-4-9)8-5-10(13)15-11(14)6-8/h1-6H,(H4,13,14,15). The Balaban J connectivity index is 2.49. The zero-order valence-corrected chi connectivity index (χ0v) is 7.94. The number of anilines is 2. The molecule has 2 rings (SSSR count). The van der Waals surface area contributed by atoms with Gasteiger partial charge in [-0.2, -0.15) is 0 Å². The average molecular weight is 203 g/mol. The third kappa shape index (κ3) is 2.04. The second-order valence-electron chi connectivity index (χ2n) is 3.21. The Hall–Kier alpha value is -2.10. The second-order valence-corrected chi connectivity index (χ2v) is 3.21. The molecule has 1 aromatic carbocycles. The predicted octanol–water partition coefficient (Wildman–Crippen LogP) is 2.05. The van der Waals surface area contributed by atoms with Crippen LogP contribution in [-0.2, 0) is 0 Å². The van der Waals surface area contributed by atoms with Gasteiger partial charge in [-0.25, -0.2) is 9.37 Å². The van der Waals surface area contributed by atoms with Gasteiger partial charge >= 0.3 is 0 Å². The maximum Gasteiger partial charge on any atom is 0.126 e. The van der Waals surface area contributed by atoms with Gasteiger partial charge in [0, 0.05) is 0 Å². The number of nitrogens with two attached hydrogens (primary N) is 2. The van der Waals surface area contributed by atoms with Crippen molar-refractivity contribution >= 4 is 11.6 Å². The summed E-state index contributed by atoms with van der Waals surface area (Å²) in [5.74, 6) is 0.442. The number of benzene rings is 1. The first-order valence-corrected chi connectivity index (χ1v) is 4.44. The highest BCUT2D eigenvalue weighted by Gasteiger charge is 2.01. The number of aromatic nitrogens is 1. The summed E-state index contributed by atoms with van der Waals surface area (Å²) in [6.07, 6.45) is 0. The lowest BCUT2D eigenvalue weighted by molar-refractivity contribution is 0.628. The number of hydrogen-bond donors (Lipinski definition) is 2. The molecule has 0 saturated heterocycles. The number of rotatable bonds is 1. The summed E-state index contributed by atoms with van der Waals surface area (Å²) in [4.78, 5) is 3.86. The van der Waals surface area contributed by atoms with E-state index in [1.165, 1.54) is 12.1 Å². The third-order valence-electron chi connectivity index (χ3n) is 2.04. The van der Waals surface area contributed by atoms with Crippen molar-refractivity contribution < 1.29 is 4.39 Å². The Labute approximate surface area is 86.6 Å². The van der Waals surface area contributed by atoms with Gasteiger partial charge < -0.3 is 11.5 Å². The van der Waals surface area contributed by atoms with Crippen molar-refractivity contribution in [2.45, 2.75) is 0 Å². The van der Waals surface area contributed by atoms with Crippen LogP contribution in [0.15, 0.2) is 36.4 Å². The first-order chi connectivity index (χ1) is 7.15. The summed E-state index contributed by atoms with van der Waals surface area (Å²) in [5.41, 5.74) is 12.8. The fraction of sp³-hybridized carbons (Fsp3) is 0. The van der Waals surface area contributed by atoms with E-state index in [2.05, 4.69) is 4.98 Å². The molecular weight excluding hydrogens is 193 g/mol. The highest BCUT2D eigenvalue weighted by molar-refractivity contribution is 5.68. The van der Waals surface area contributed by atoms with E-state index in [4.69, 9.17) is 11.5 Å². The van der Waals surface area contributed by atoms with Crippen molar-refractivity contribution in [3.63, 3.8) is 0 Å². The van der Waals surface area contributed by atoms with Crippen molar-refractivity contribution in [3.8, 4) is 11.1 Å². The number of nitrogen functional groups attached to an aromatic ring is 2. The van der Waals surface area contributed by atoms with Crippen molar-refractivity contribution in [2.24, 2.45) is 0 Å². The van der Waals surface area contributed by atoms with E-state index in [9.17, 15) is 4.39 Å². The van der Waals surface area contributed by atoms with E-state index in [1.807, 2.05) is 0 Å². The molecule has 1 aromatic heterocycles. The van der Waals surface area contributed by atoms with Gasteiger partial charge in [0.2, 0.25) is 0 Å². The number of halogens is 1. The maximum absolute atomic E-state index is 12.7. The van der Waals surface area contributed by atoms with Gasteiger partial charge in [0.15, 0.2) is 0 Å². The number of nitrogens with zero attached hydrogens (tertiary/aromatic N) is 1. The van der Waals surface area contributed by atoms with Crippen molar-refractivity contribution in [1.29, 1.82) is 0 Å². The fourth-order valence-corrected chi connectivity index (χ4v) is 1.38. The predicted molar refractivity (Wildman–Crippen MR) is 58.5 cm³/mol. The first kappa shape index (κ1) is 9.45. The molecule has 15 heavy (non-hydrogen) atoms. The lowest BCUT2D eigenvalue weighted by atomic mass is 10.1. The van der Waals surface area contributed by atoms with E-state index in [0.29, 0.717) is 11.6 Å². The summed E-state index contributed by atoms with van der Waals surface area (Å²) in [6, 6.07) is 9.52. The molecule has 1 heterocycles. The van der Waals surface area contributed by atoms with Crippen LogP contribution in [0.1, 0.15) is 0 Å². The Morgan fingerprint density at radius 2 is 1.40 bits per heavy atom. The molecule has 0 aliphatic carbocycles. The van der Waals surface area contributed by atoms with Crippen LogP contribution in [0.3, 0.4) is 0 Å². The molecule has 0 aliphatic rings. The Kier molecular flexibility index (Phi) is 2.25. The number of hydrogen-bond acceptors (Lipinski definition) is 3. The minimum Gasteiger partial charge on any atom is -0.384 e. The molecule has 76 valence electrons. The van der Waals surface area contributed by atoms with Crippen molar-refractivity contribution in [1.82, 2.24) is 4.98 Å². The molecule has 0 aliphatic heterocycles. The first-order valence-electron chi connectivity index (χ1n) is 4.44. The van der Waals surface area contributed by atoms with Crippen LogP contribution in [0.5, 0.6) is 0 Å². The quantitative estimate of drug-likeness (QED) is 0.745. The molecular formula is C11H10FN3. The van der Waals surface area contributed by atoms with Crippen molar-refractivity contribution in [2.75, 3.05) is 11.5 Å². The molecule has 0 spiro atoms. The summed E-state index contributed by atoms with van der Waals surface area (Å²) in [6.45, 7) is 0. The zero-order valence-electron chi connectivity index (χ0n) is 7.94. The summed E-state index contributed by atoms with van der Waals surface area (Å²) in [7, 11) is 0. The molecule has 2 aromatic rings. The lowest BCUT2D eigenvalue weighted by Gasteiger charge is -2.03. The number of pyridine rings is 1. The van der Waals surface area contributed by atoms with Gasteiger partial charge in [-0.05, 0) is 35.4 Å². The fourth-order valence-electron chi connectivity index (χ4n) is 1.38. The average Bonchev–Trinajstić information content (AvgIpc) is 2.17. The summed E-state index contributed by atoms with van der Waals surface area (Å²) < 4.78 is 12.7. The maximum atomic E-state index is 12.7. The Morgan fingerprint density at radius 3 is 1.93 bits per heavy atom. The normalized spacial score (nSPS) is 10.2. The van der Waals surface area contributed by atoms with E-state index in [-0.39, 0.29) is 5.82 Å². The van der Waals surface area contributed by atoms with E-state index in [1.54, 1.807) is 24.3 Å². The molecule has 0 atom stereocenters. The van der Waals surface area contributed by atoms with E-state index in [0.717, 1.165) is 11.1 Å². The van der Waals surface area contributed by atoms with Gasteiger partial charge in [-0.1, -0.05) is 12.1 Å². The largest absolute Gasteiger partial charge is 0.384 e. The molecule has 0 unspecified atom stereocenters. The van der Waals surface area contributed by atoms with Crippen LogP contribution in [0.4, 0.5) is 16.0 Å². The van der Waals surface area contributed by atoms with Crippen LogP contribution < -0.4 is 11.5 Å². The monoisotopic (exact) mass is 203 g/mol. The molecule has 4 heteroatoms. The Morgan fingerprint density at radius 1 is 0.867 bits per heavy atom. The van der Waals surface area contributed by atoms with Crippen LogP contribution in [0.25, 0.3) is 11.1 Å². The minimum atomic E-state index is -0.270. The van der Waals surface area contributed by atoms with Gasteiger partial charge in [0.1, 0.15) is 17.5 Å². The molecule has 0 radical (unpaired) electrons. The van der Waals surface area contributed by atoms with E-state index >= 15 is 0 Å². The van der Waals surface area contributed by atoms with Gasteiger partial charge in [-0.15, -0.1) is 0 Å². The van der Waals surface area contributed by atoms with Gasteiger partial charge in [0.25, 0.3) is 0 Å². The van der Waals surface area contributed by atoms with Gasteiger partial charge in [0.05, 0.1) is 0 Å². The second kappa shape index (κ2) is 3.57.